The lowest BCUT2D eigenvalue weighted by Crippen LogP contribution is -2.53. The van der Waals surface area contributed by atoms with Crippen LogP contribution in [0.3, 0.4) is 0 Å². The van der Waals surface area contributed by atoms with E-state index in [4.69, 9.17) is 20.2 Å². The normalized spacial score (nSPS) is 33.3. The van der Waals surface area contributed by atoms with E-state index in [1.807, 2.05) is 6.07 Å². The van der Waals surface area contributed by atoms with Crippen molar-refractivity contribution < 1.29 is 17.9 Å². The van der Waals surface area contributed by atoms with Crippen molar-refractivity contribution in [1.29, 1.82) is 0 Å². The van der Waals surface area contributed by atoms with Gasteiger partial charge >= 0.3 is 9.24 Å². The summed E-state index contributed by atoms with van der Waals surface area (Å²) in [6.45, 7) is 0. The maximum Gasteiger partial charge on any atom is 0.342 e. The molecule has 2 atom stereocenters. The Morgan fingerprint density at radius 1 is 1.25 bits per heavy atom. The molecule has 1 aliphatic heterocycles. The van der Waals surface area contributed by atoms with Gasteiger partial charge in [-0.15, -0.1) is 4.40 Å². The Kier molecular flexibility index (Phi) is 3.62. The number of nitrogens with zero attached hydrogens (tertiary/aromatic N) is 1. The summed E-state index contributed by atoms with van der Waals surface area (Å²) in [5.41, 5.74) is 1.93. The average molecular weight is 370 g/mol. The number of methoxy groups -OCH3 is 1. The lowest BCUT2D eigenvalue weighted by atomic mass is 9.54. The summed E-state index contributed by atoms with van der Waals surface area (Å²) in [5, 5.41) is 0. The molecule has 1 aromatic carbocycles. The van der Waals surface area contributed by atoms with Crippen molar-refractivity contribution in [2.24, 2.45) is 4.40 Å². The van der Waals surface area contributed by atoms with Gasteiger partial charge in [0.1, 0.15) is 11.4 Å². The minimum atomic E-state index is -3.98. The summed E-state index contributed by atoms with van der Waals surface area (Å²) in [4.78, 5) is 0. The first kappa shape index (κ1) is 16.2. The number of hydrogen-bond donors (Lipinski definition) is 0. The van der Waals surface area contributed by atoms with Gasteiger partial charge in [0.15, 0.2) is 0 Å². The van der Waals surface area contributed by atoms with Gasteiger partial charge in [0.25, 0.3) is 0 Å². The van der Waals surface area contributed by atoms with E-state index in [-0.39, 0.29) is 16.9 Å². The van der Waals surface area contributed by atoms with E-state index in [2.05, 4.69) is 16.5 Å². The van der Waals surface area contributed by atoms with E-state index in [1.165, 1.54) is 11.1 Å². The molecular weight excluding hydrogens is 350 g/mol. The van der Waals surface area contributed by atoms with Crippen LogP contribution in [0.15, 0.2) is 22.6 Å². The molecule has 0 radical (unpaired) electrons. The lowest BCUT2D eigenvalue weighted by molar-refractivity contribution is -0.0325. The number of rotatable bonds is 2. The molecule has 5 nitrogen and oxygen atoms in total. The Bertz CT molecular complexity index is 822. The molecule has 2 unspecified atom stereocenters. The van der Waals surface area contributed by atoms with E-state index in [9.17, 15) is 8.42 Å². The van der Waals surface area contributed by atoms with E-state index < -0.39 is 9.24 Å². The first-order valence-corrected chi connectivity index (χ1v) is 10.5. The van der Waals surface area contributed by atoms with Gasteiger partial charge < -0.3 is 9.47 Å². The van der Waals surface area contributed by atoms with E-state index in [0.29, 0.717) is 6.42 Å². The monoisotopic (exact) mass is 369 g/mol. The molecule has 1 heterocycles. The van der Waals surface area contributed by atoms with Gasteiger partial charge in [-0.05, 0) is 55.4 Å². The molecule has 0 N–H and O–H groups in total. The van der Waals surface area contributed by atoms with Crippen molar-refractivity contribution in [3.05, 3.63) is 29.3 Å². The topological polar surface area (TPSA) is 65.0 Å². The molecule has 4 rings (SSSR count). The fraction of sp³-hybridized carbons (Fsp3) is 0.588. The molecular formula is C17H20ClNO4S. The van der Waals surface area contributed by atoms with Gasteiger partial charge in [-0.2, -0.15) is 8.42 Å². The largest absolute Gasteiger partial charge is 0.497 e. The summed E-state index contributed by atoms with van der Waals surface area (Å²) < 4.78 is 38.1. The van der Waals surface area contributed by atoms with Gasteiger partial charge in [0, 0.05) is 22.5 Å². The first-order chi connectivity index (χ1) is 11.4. The van der Waals surface area contributed by atoms with Crippen molar-refractivity contribution in [3.8, 4) is 5.75 Å². The van der Waals surface area contributed by atoms with E-state index >= 15 is 0 Å². The minimum absolute atomic E-state index is 0.228. The highest BCUT2D eigenvalue weighted by molar-refractivity contribution is 8.12. The lowest BCUT2D eigenvalue weighted by Gasteiger charge is -2.51. The van der Waals surface area contributed by atoms with E-state index in [0.717, 1.165) is 44.3 Å². The molecule has 0 spiro atoms. The van der Waals surface area contributed by atoms with Gasteiger partial charge in [-0.3, -0.25) is 0 Å². The smallest absolute Gasteiger partial charge is 0.342 e. The van der Waals surface area contributed by atoms with Crippen molar-refractivity contribution in [3.63, 3.8) is 0 Å². The summed E-state index contributed by atoms with van der Waals surface area (Å²) in [6, 6.07) is 6.20. The predicted molar refractivity (Wildman–Crippen MR) is 92.1 cm³/mol. The molecule has 24 heavy (non-hydrogen) atoms. The minimum Gasteiger partial charge on any atom is -0.497 e. The second kappa shape index (κ2) is 5.36. The molecule has 2 aliphatic carbocycles. The van der Waals surface area contributed by atoms with Gasteiger partial charge in [0.2, 0.25) is 5.90 Å². The molecule has 3 aliphatic rings. The fourth-order valence-corrected chi connectivity index (χ4v) is 5.54. The second-order valence-electron chi connectivity index (χ2n) is 6.98. The Balaban J connectivity index is 1.89. The number of hydrogen-bond acceptors (Lipinski definition) is 4. The summed E-state index contributed by atoms with van der Waals surface area (Å²) in [7, 11) is 3.02. The maximum absolute atomic E-state index is 11.4. The third kappa shape index (κ3) is 2.34. The highest BCUT2D eigenvalue weighted by Gasteiger charge is 2.63. The maximum atomic E-state index is 11.4. The zero-order valence-electron chi connectivity index (χ0n) is 13.5. The van der Waals surface area contributed by atoms with Crippen LogP contribution in [0.5, 0.6) is 5.75 Å². The third-order valence-electron chi connectivity index (χ3n) is 5.91. The number of fused-ring (bicyclic) bond motifs is 1. The molecule has 130 valence electrons. The molecule has 0 aromatic heterocycles. The third-order valence-corrected chi connectivity index (χ3v) is 6.54. The SMILES string of the molecule is COc1ccc2c(c1)C13CCCCC1(CC2)O/C(=N\S(=O)(=O)Cl)C3. The Morgan fingerprint density at radius 3 is 2.79 bits per heavy atom. The van der Waals surface area contributed by atoms with Gasteiger partial charge in [0.05, 0.1) is 7.11 Å². The van der Waals surface area contributed by atoms with Gasteiger partial charge in [-0.1, -0.05) is 12.5 Å². The number of benzene rings is 1. The zero-order chi connectivity index (χ0) is 17.0. The molecule has 7 heteroatoms. The molecule has 1 saturated carbocycles. The number of halogens is 1. The molecule has 1 aromatic rings. The molecule has 2 fully saturated rings. The Morgan fingerprint density at radius 2 is 2.04 bits per heavy atom. The number of ether oxygens (including phenoxy) is 2. The Hall–Kier alpha value is -1.27. The molecule has 0 bridgehead atoms. The summed E-state index contributed by atoms with van der Waals surface area (Å²) in [6.07, 6.45) is 6.36. The second-order valence-corrected chi connectivity index (χ2v) is 9.16. The fourth-order valence-electron chi connectivity index (χ4n) is 4.97. The quantitative estimate of drug-likeness (QED) is 0.748. The van der Waals surface area contributed by atoms with Crippen LogP contribution in [-0.4, -0.2) is 27.0 Å². The van der Waals surface area contributed by atoms with Crippen molar-refractivity contribution in [2.75, 3.05) is 7.11 Å². The standard InChI is InChI=1S/C17H20ClNO4S/c1-22-13-5-4-12-6-9-17-8-3-2-7-16(17,14(12)10-13)11-15(23-17)19-24(18,20)21/h4-5,10H,2-3,6-9,11H2,1H3/b19-15-. The van der Waals surface area contributed by atoms with Crippen LogP contribution >= 0.6 is 10.7 Å². The zero-order valence-corrected chi connectivity index (χ0v) is 15.1. The number of aryl methyl sites for hydroxylation is 1. The summed E-state index contributed by atoms with van der Waals surface area (Å²) >= 11 is 0. The highest BCUT2D eigenvalue weighted by Crippen LogP contribution is 2.60. The summed E-state index contributed by atoms with van der Waals surface area (Å²) in [5.74, 6) is 1.07. The molecule has 0 amide bonds. The molecule has 1 saturated heterocycles. The Labute approximate surface area is 146 Å². The first-order valence-electron chi connectivity index (χ1n) is 8.27. The van der Waals surface area contributed by atoms with E-state index in [1.54, 1.807) is 7.11 Å². The predicted octanol–water partition coefficient (Wildman–Crippen LogP) is 3.49. The van der Waals surface area contributed by atoms with Crippen LogP contribution in [0.4, 0.5) is 0 Å². The van der Waals surface area contributed by atoms with Crippen LogP contribution in [0.1, 0.15) is 49.7 Å². The van der Waals surface area contributed by atoms with Crippen LogP contribution in [0.25, 0.3) is 0 Å². The van der Waals surface area contributed by atoms with Crippen LogP contribution < -0.4 is 4.74 Å². The van der Waals surface area contributed by atoms with Crippen molar-refractivity contribution in [1.82, 2.24) is 0 Å². The van der Waals surface area contributed by atoms with Crippen LogP contribution in [0.2, 0.25) is 0 Å². The average Bonchev–Trinajstić information content (AvgIpc) is 2.87. The highest BCUT2D eigenvalue weighted by atomic mass is 35.7. The van der Waals surface area contributed by atoms with Crippen LogP contribution in [0, 0.1) is 0 Å². The van der Waals surface area contributed by atoms with Crippen molar-refractivity contribution >= 4 is 25.8 Å². The van der Waals surface area contributed by atoms with Crippen molar-refractivity contribution in [2.45, 2.75) is 56.0 Å². The van der Waals surface area contributed by atoms with Crippen LogP contribution in [-0.2, 0) is 25.8 Å². The van der Waals surface area contributed by atoms with Gasteiger partial charge in [-0.25, -0.2) is 0 Å².